The Morgan fingerprint density at radius 3 is 2.50 bits per heavy atom. The van der Waals surface area contributed by atoms with Gasteiger partial charge in [0.1, 0.15) is 11.8 Å². The molecule has 5 heteroatoms. The summed E-state index contributed by atoms with van der Waals surface area (Å²) < 4.78 is 0. The highest BCUT2D eigenvalue weighted by Crippen LogP contribution is 2.26. The van der Waals surface area contributed by atoms with Gasteiger partial charge in [-0.05, 0) is 23.3 Å². The molecule has 0 aliphatic rings. The number of aromatic hydroxyl groups is 1. The Morgan fingerprint density at radius 2 is 1.90 bits per heavy atom. The van der Waals surface area contributed by atoms with Gasteiger partial charge >= 0.3 is 5.97 Å². The van der Waals surface area contributed by atoms with E-state index in [2.05, 4.69) is 5.32 Å². The van der Waals surface area contributed by atoms with Crippen molar-refractivity contribution < 1.29 is 15.0 Å². The molecule has 2 rings (SSSR count). The molecule has 2 aromatic rings. The maximum absolute atomic E-state index is 11.3. The van der Waals surface area contributed by atoms with Crippen LogP contribution in [0, 0.1) is 0 Å². The van der Waals surface area contributed by atoms with E-state index in [1.807, 2.05) is 30.3 Å². The van der Waals surface area contributed by atoms with Gasteiger partial charge in [-0.15, -0.1) is 0 Å². The van der Waals surface area contributed by atoms with Crippen LogP contribution in [0.25, 0.3) is 0 Å². The van der Waals surface area contributed by atoms with Gasteiger partial charge in [0.2, 0.25) is 0 Å². The van der Waals surface area contributed by atoms with Gasteiger partial charge in [-0.1, -0.05) is 48.0 Å². The number of rotatable bonds is 5. The third-order valence-electron chi connectivity index (χ3n) is 2.91. The molecular formula is C15H14ClNO3. The molecule has 20 heavy (non-hydrogen) atoms. The van der Waals surface area contributed by atoms with Crippen LogP contribution >= 0.6 is 11.6 Å². The smallest absolute Gasteiger partial charge is 0.325 e. The summed E-state index contributed by atoms with van der Waals surface area (Å²) in [4.78, 5) is 11.3. The summed E-state index contributed by atoms with van der Waals surface area (Å²) in [6.45, 7) is 0.427. The minimum absolute atomic E-state index is 0.0670. The van der Waals surface area contributed by atoms with E-state index in [0.29, 0.717) is 12.1 Å². The highest BCUT2D eigenvalue weighted by atomic mass is 35.5. The number of carboxylic acid groups (broad SMARTS) is 1. The zero-order valence-electron chi connectivity index (χ0n) is 10.6. The number of aliphatic carboxylic acids is 1. The predicted octanol–water partition coefficient (Wildman–Crippen LogP) is 2.96. The van der Waals surface area contributed by atoms with Crippen LogP contribution in [0.4, 0.5) is 0 Å². The molecule has 4 nitrogen and oxygen atoms in total. The van der Waals surface area contributed by atoms with Crippen LogP contribution in [0.1, 0.15) is 17.2 Å². The van der Waals surface area contributed by atoms with Crippen LogP contribution in [0.15, 0.2) is 48.5 Å². The molecule has 0 radical (unpaired) electrons. The summed E-state index contributed by atoms with van der Waals surface area (Å²) >= 11 is 5.81. The van der Waals surface area contributed by atoms with E-state index in [4.69, 9.17) is 11.6 Å². The van der Waals surface area contributed by atoms with Gasteiger partial charge in [0.15, 0.2) is 0 Å². The summed E-state index contributed by atoms with van der Waals surface area (Å²) in [7, 11) is 0. The fraction of sp³-hybridized carbons (Fsp3) is 0.133. The summed E-state index contributed by atoms with van der Waals surface area (Å²) in [5.74, 6) is -1.06. The highest BCUT2D eigenvalue weighted by molar-refractivity contribution is 6.32. The molecule has 2 aromatic carbocycles. The first kappa shape index (κ1) is 14.4. The van der Waals surface area contributed by atoms with Gasteiger partial charge in [-0.3, -0.25) is 10.1 Å². The molecule has 104 valence electrons. The second-order valence-corrected chi connectivity index (χ2v) is 4.76. The van der Waals surface area contributed by atoms with Crippen molar-refractivity contribution in [2.75, 3.05) is 0 Å². The average Bonchev–Trinajstić information content (AvgIpc) is 2.43. The Kier molecular flexibility index (Phi) is 4.61. The molecule has 0 aliphatic heterocycles. The lowest BCUT2D eigenvalue weighted by Gasteiger charge is -2.15. The Labute approximate surface area is 121 Å². The molecule has 3 N–H and O–H groups in total. The third kappa shape index (κ3) is 3.50. The summed E-state index contributed by atoms with van der Waals surface area (Å²) in [6, 6.07) is 13.0. The predicted molar refractivity (Wildman–Crippen MR) is 76.8 cm³/mol. The van der Waals surface area contributed by atoms with E-state index in [1.54, 1.807) is 0 Å². The fourth-order valence-electron chi connectivity index (χ4n) is 1.87. The molecule has 0 aliphatic carbocycles. The molecule has 0 aromatic heterocycles. The maximum Gasteiger partial charge on any atom is 0.325 e. The molecule has 0 heterocycles. The van der Waals surface area contributed by atoms with Crippen LogP contribution in [0.3, 0.4) is 0 Å². The van der Waals surface area contributed by atoms with Crippen LogP contribution < -0.4 is 5.32 Å². The highest BCUT2D eigenvalue weighted by Gasteiger charge is 2.20. The first-order chi connectivity index (χ1) is 9.58. The number of phenols is 1. The van der Waals surface area contributed by atoms with Crippen molar-refractivity contribution in [3.63, 3.8) is 0 Å². The Bertz CT molecular complexity index is 601. The third-order valence-corrected chi connectivity index (χ3v) is 3.21. The molecule has 0 saturated carbocycles. The summed E-state index contributed by atoms with van der Waals surface area (Å²) in [6.07, 6.45) is 0. The van der Waals surface area contributed by atoms with Crippen molar-refractivity contribution in [1.82, 2.24) is 5.32 Å². The average molecular weight is 292 g/mol. The zero-order chi connectivity index (χ0) is 14.5. The van der Waals surface area contributed by atoms with Crippen molar-refractivity contribution in [2.45, 2.75) is 12.6 Å². The van der Waals surface area contributed by atoms with Crippen molar-refractivity contribution in [1.29, 1.82) is 0 Å². The number of hydrogen-bond donors (Lipinski definition) is 3. The monoisotopic (exact) mass is 291 g/mol. The summed E-state index contributed by atoms with van der Waals surface area (Å²) in [5, 5.41) is 21.8. The Hall–Kier alpha value is -2.04. The molecule has 0 saturated heterocycles. The molecular weight excluding hydrogens is 278 g/mol. The van der Waals surface area contributed by atoms with Gasteiger partial charge in [0.05, 0.1) is 5.02 Å². The van der Waals surface area contributed by atoms with Crippen molar-refractivity contribution in [3.8, 4) is 5.75 Å². The van der Waals surface area contributed by atoms with Crippen molar-refractivity contribution >= 4 is 17.6 Å². The molecule has 1 atom stereocenters. The lowest BCUT2D eigenvalue weighted by Crippen LogP contribution is -2.28. The van der Waals surface area contributed by atoms with Gasteiger partial charge in [-0.25, -0.2) is 0 Å². The van der Waals surface area contributed by atoms with Crippen molar-refractivity contribution in [3.05, 3.63) is 64.7 Å². The first-order valence-electron chi connectivity index (χ1n) is 6.06. The quantitative estimate of drug-likeness (QED) is 0.792. The van der Waals surface area contributed by atoms with E-state index >= 15 is 0 Å². The second-order valence-electron chi connectivity index (χ2n) is 4.35. The number of carbonyl (C=O) groups is 1. The summed E-state index contributed by atoms with van der Waals surface area (Å²) in [5.41, 5.74) is 1.49. The fourth-order valence-corrected chi connectivity index (χ4v) is 2.06. The molecule has 0 spiro atoms. The number of phenolic OH excluding ortho intramolecular Hbond substituents is 1. The SMILES string of the molecule is O=C(O)C(NCc1ccccc1)c1ccc(O)c(Cl)c1. The van der Waals surface area contributed by atoms with Gasteiger partial charge in [-0.2, -0.15) is 0 Å². The first-order valence-corrected chi connectivity index (χ1v) is 6.44. The van der Waals surface area contributed by atoms with E-state index in [0.717, 1.165) is 5.56 Å². The number of carboxylic acids is 1. The Morgan fingerprint density at radius 1 is 1.20 bits per heavy atom. The zero-order valence-corrected chi connectivity index (χ0v) is 11.3. The van der Waals surface area contributed by atoms with E-state index in [-0.39, 0.29) is 10.8 Å². The van der Waals surface area contributed by atoms with Crippen LogP contribution in [-0.4, -0.2) is 16.2 Å². The lowest BCUT2D eigenvalue weighted by atomic mass is 10.1. The number of hydrogen-bond acceptors (Lipinski definition) is 3. The van der Waals surface area contributed by atoms with E-state index < -0.39 is 12.0 Å². The van der Waals surface area contributed by atoms with Crippen LogP contribution in [0.5, 0.6) is 5.75 Å². The number of halogens is 1. The molecule has 0 amide bonds. The topological polar surface area (TPSA) is 69.6 Å². The van der Waals surface area contributed by atoms with E-state index in [1.165, 1.54) is 18.2 Å². The Balaban J connectivity index is 2.15. The van der Waals surface area contributed by atoms with Crippen LogP contribution in [0.2, 0.25) is 5.02 Å². The van der Waals surface area contributed by atoms with Gasteiger partial charge in [0, 0.05) is 6.54 Å². The second kappa shape index (κ2) is 6.41. The minimum Gasteiger partial charge on any atom is -0.506 e. The van der Waals surface area contributed by atoms with Crippen LogP contribution in [-0.2, 0) is 11.3 Å². The number of benzene rings is 2. The molecule has 0 bridgehead atoms. The largest absolute Gasteiger partial charge is 0.506 e. The standard InChI is InChI=1S/C15H14ClNO3/c16-12-8-11(6-7-13(12)18)14(15(19)20)17-9-10-4-2-1-3-5-10/h1-8,14,17-18H,9H2,(H,19,20). The lowest BCUT2D eigenvalue weighted by molar-refractivity contribution is -0.139. The molecule has 0 fully saturated rings. The van der Waals surface area contributed by atoms with Crippen molar-refractivity contribution in [2.24, 2.45) is 0 Å². The van der Waals surface area contributed by atoms with E-state index in [9.17, 15) is 15.0 Å². The van der Waals surface area contributed by atoms with Gasteiger partial charge < -0.3 is 10.2 Å². The maximum atomic E-state index is 11.3. The van der Waals surface area contributed by atoms with Gasteiger partial charge in [0.25, 0.3) is 0 Å². The number of nitrogens with one attached hydrogen (secondary N) is 1. The minimum atomic E-state index is -0.998. The molecule has 1 unspecified atom stereocenters. The normalized spacial score (nSPS) is 12.1.